The van der Waals surface area contributed by atoms with Crippen molar-refractivity contribution in [2.45, 2.75) is 4.34 Å². The lowest BCUT2D eigenvalue weighted by Gasteiger charge is -2.12. The van der Waals surface area contributed by atoms with Crippen molar-refractivity contribution in [2.24, 2.45) is 0 Å². The van der Waals surface area contributed by atoms with Crippen molar-refractivity contribution in [2.75, 3.05) is 31.1 Å². The number of thioether (sulfide) groups is 1. The molecule has 82 valence electrons. The Balaban J connectivity index is 1.73. The SMILES string of the molecule is Nc1nnc(SCCN2CCNC2=O)s1. The van der Waals surface area contributed by atoms with E-state index in [0.717, 1.165) is 29.7 Å². The molecule has 0 bridgehead atoms. The highest BCUT2D eigenvalue weighted by atomic mass is 32.2. The highest BCUT2D eigenvalue weighted by Gasteiger charge is 2.18. The Bertz CT molecular complexity index is 355. The van der Waals surface area contributed by atoms with Gasteiger partial charge in [0.2, 0.25) is 5.13 Å². The fraction of sp³-hybridized carbons (Fsp3) is 0.571. The Labute approximate surface area is 95.2 Å². The number of nitrogens with two attached hydrogens (primary N) is 1. The molecule has 6 nitrogen and oxygen atoms in total. The smallest absolute Gasteiger partial charge is 0.317 e. The molecule has 2 heterocycles. The highest BCUT2D eigenvalue weighted by molar-refractivity contribution is 8.01. The summed E-state index contributed by atoms with van der Waals surface area (Å²) < 4.78 is 0.854. The van der Waals surface area contributed by atoms with E-state index in [4.69, 9.17) is 5.73 Å². The third-order valence-corrected chi connectivity index (χ3v) is 3.82. The van der Waals surface area contributed by atoms with Crippen LogP contribution in [-0.2, 0) is 0 Å². The number of hydrogen-bond donors (Lipinski definition) is 2. The van der Waals surface area contributed by atoms with Crippen molar-refractivity contribution >= 4 is 34.3 Å². The number of nitrogens with zero attached hydrogens (tertiary/aromatic N) is 3. The first kappa shape index (κ1) is 10.5. The molecule has 0 saturated carbocycles. The van der Waals surface area contributed by atoms with E-state index in [1.807, 2.05) is 0 Å². The van der Waals surface area contributed by atoms with Crippen LogP contribution >= 0.6 is 23.1 Å². The molecule has 15 heavy (non-hydrogen) atoms. The molecule has 0 unspecified atom stereocenters. The molecule has 0 radical (unpaired) electrons. The average molecular weight is 245 g/mol. The Morgan fingerprint density at radius 2 is 2.47 bits per heavy atom. The van der Waals surface area contributed by atoms with Crippen molar-refractivity contribution in [1.82, 2.24) is 20.4 Å². The van der Waals surface area contributed by atoms with Crippen molar-refractivity contribution in [3.8, 4) is 0 Å². The summed E-state index contributed by atoms with van der Waals surface area (Å²) in [6, 6.07) is 0.0207. The second-order valence-electron chi connectivity index (χ2n) is 2.97. The Morgan fingerprint density at radius 1 is 1.60 bits per heavy atom. The zero-order chi connectivity index (χ0) is 10.7. The minimum atomic E-state index is 0.0207. The largest absolute Gasteiger partial charge is 0.374 e. The van der Waals surface area contributed by atoms with Crippen LogP contribution in [0.15, 0.2) is 4.34 Å². The molecule has 2 amide bonds. The number of anilines is 1. The maximum atomic E-state index is 11.2. The monoisotopic (exact) mass is 245 g/mol. The van der Waals surface area contributed by atoms with Gasteiger partial charge < -0.3 is 16.0 Å². The van der Waals surface area contributed by atoms with E-state index in [9.17, 15) is 4.79 Å². The van der Waals surface area contributed by atoms with Gasteiger partial charge in [0.05, 0.1) is 0 Å². The second kappa shape index (κ2) is 4.67. The zero-order valence-electron chi connectivity index (χ0n) is 7.97. The maximum absolute atomic E-state index is 11.2. The number of amides is 2. The minimum absolute atomic E-state index is 0.0207. The fourth-order valence-corrected chi connectivity index (χ4v) is 2.92. The van der Waals surface area contributed by atoms with E-state index < -0.39 is 0 Å². The summed E-state index contributed by atoms with van der Waals surface area (Å²) in [7, 11) is 0. The molecule has 2 rings (SSSR count). The lowest BCUT2D eigenvalue weighted by molar-refractivity contribution is 0.220. The number of carbonyl (C=O) groups is 1. The number of urea groups is 1. The minimum Gasteiger partial charge on any atom is -0.374 e. The van der Waals surface area contributed by atoms with Gasteiger partial charge in [-0.25, -0.2) is 4.79 Å². The van der Waals surface area contributed by atoms with Crippen LogP contribution in [0.2, 0.25) is 0 Å². The molecule has 0 spiro atoms. The summed E-state index contributed by atoms with van der Waals surface area (Å²) in [5, 5.41) is 10.8. The van der Waals surface area contributed by atoms with Gasteiger partial charge in [-0.3, -0.25) is 0 Å². The molecular weight excluding hydrogens is 234 g/mol. The molecule has 1 aromatic heterocycles. The van der Waals surface area contributed by atoms with Gasteiger partial charge in [0.15, 0.2) is 4.34 Å². The first-order chi connectivity index (χ1) is 7.25. The Morgan fingerprint density at radius 3 is 3.07 bits per heavy atom. The summed E-state index contributed by atoms with van der Waals surface area (Å²) in [5.74, 6) is 0.821. The van der Waals surface area contributed by atoms with Crippen LogP contribution in [0.5, 0.6) is 0 Å². The van der Waals surface area contributed by atoms with E-state index in [2.05, 4.69) is 15.5 Å². The average Bonchev–Trinajstić information content (AvgIpc) is 2.77. The normalized spacial score (nSPS) is 15.7. The standard InChI is InChI=1S/C7H11N5OS2/c8-5-10-11-7(15-5)14-4-3-12-2-1-9-6(12)13/h1-4H2,(H2,8,10)(H,9,13). The number of nitrogens with one attached hydrogen (secondary N) is 1. The lowest BCUT2D eigenvalue weighted by Crippen LogP contribution is -2.30. The van der Waals surface area contributed by atoms with Gasteiger partial charge in [-0.15, -0.1) is 10.2 Å². The summed E-state index contributed by atoms with van der Waals surface area (Å²) in [4.78, 5) is 13.0. The molecule has 8 heteroatoms. The van der Waals surface area contributed by atoms with E-state index in [0.29, 0.717) is 5.13 Å². The molecule has 1 saturated heterocycles. The molecule has 0 aromatic carbocycles. The molecule has 0 atom stereocenters. The van der Waals surface area contributed by atoms with E-state index in [-0.39, 0.29) is 6.03 Å². The number of rotatable bonds is 4. The highest BCUT2D eigenvalue weighted by Crippen LogP contribution is 2.23. The van der Waals surface area contributed by atoms with Crippen LogP contribution < -0.4 is 11.1 Å². The fourth-order valence-electron chi connectivity index (χ4n) is 1.25. The number of aromatic nitrogens is 2. The van der Waals surface area contributed by atoms with Gasteiger partial charge in [0.1, 0.15) is 0 Å². The Hall–Kier alpha value is -1.02. The van der Waals surface area contributed by atoms with E-state index in [1.165, 1.54) is 11.3 Å². The third kappa shape index (κ3) is 2.72. The van der Waals surface area contributed by atoms with Crippen LogP contribution in [-0.4, -0.2) is 46.5 Å². The molecule has 1 aromatic rings. The molecule has 0 aliphatic carbocycles. The summed E-state index contributed by atoms with van der Waals surface area (Å²) >= 11 is 2.94. The number of nitrogen functional groups attached to an aromatic ring is 1. The molecular formula is C7H11N5OS2. The second-order valence-corrected chi connectivity index (χ2v) is 5.32. The molecule has 3 N–H and O–H groups in total. The quantitative estimate of drug-likeness (QED) is 0.742. The van der Waals surface area contributed by atoms with Gasteiger partial charge in [-0.1, -0.05) is 23.1 Å². The summed E-state index contributed by atoms with van der Waals surface area (Å²) in [6.45, 7) is 2.27. The Kier molecular flexibility index (Phi) is 3.27. The summed E-state index contributed by atoms with van der Waals surface area (Å²) in [6.07, 6.45) is 0. The van der Waals surface area contributed by atoms with Crippen LogP contribution in [0, 0.1) is 0 Å². The molecule has 1 aliphatic rings. The van der Waals surface area contributed by atoms with Crippen LogP contribution in [0.1, 0.15) is 0 Å². The van der Waals surface area contributed by atoms with Crippen LogP contribution in [0.25, 0.3) is 0 Å². The number of hydrogen-bond acceptors (Lipinski definition) is 6. The first-order valence-corrected chi connectivity index (χ1v) is 6.30. The van der Waals surface area contributed by atoms with E-state index >= 15 is 0 Å². The van der Waals surface area contributed by atoms with Gasteiger partial charge in [-0.05, 0) is 0 Å². The lowest BCUT2D eigenvalue weighted by atomic mass is 10.6. The van der Waals surface area contributed by atoms with Crippen molar-refractivity contribution in [3.05, 3.63) is 0 Å². The van der Waals surface area contributed by atoms with Crippen LogP contribution in [0.4, 0.5) is 9.93 Å². The van der Waals surface area contributed by atoms with Crippen molar-refractivity contribution in [1.29, 1.82) is 0 Å². The van der Waals surface area contributed by atoms with Gasteiger partial charge in [-0.2, -0.15) is 0 Å². The third-order valence-electron chi connectivity index (χ3n) is 1.95. The predicted molar refractivity (Wildman–Crippen MR) is 60.0 cm³/mol. The van der Waals surface area contributed by atoms with Gasteiger partial charge in [0, 0.05) is 25.4 Å². The molecule has 1 fully saturated rings. The number of carbonyl (C=O) groups excluding carboxylic acids is 1. The zero-order valence-corrected chi connectivity index (χ0v) is 9.61. The van der Waals surface area contributed by atoms with Crippen LogP contribution in [0.3, 0.4) is 0 Å². The summed E-state index contributed by atoms with van der Waals surface area (Å²) in [5.41, 5.74) is 5.45. The van der Waals surface area contributed by atoms with Crippen molar-refractivity contribution < 1.29 is 4.79 Å². The van der Waals surface area contributed by atoms with Gasteiger partial charge in [0.25, 0.3) is 0 Å². The first-order valence-electron chi connectivity index (χ1n) is 4.50. The molecule has 1 aliphatic heterocycles. The van der Waals surface area contributed by atoms with Gasteiger partial charge >= 0.3 is 6.03 Å². The van der Waals surface area contributed by atoms with Crippen molar-refractivity contribution in [3.63, 3.8) is 0 Å². The predicted octanol–water partition coefficient (Wildman–Crippen LogP) is 0.238. The van der Waals surface area contributed by atoms with E-state index in [1.54, 1.807) is 16.7 Å². The maximum Gasteiger partial charge on any atom is 0.317 e. The topological polar surface area (TPSA) is 84.1 Å².